The van der Waals surface area contributed by atoms with Gasteiger partial charge in [0.05, 0.1) is 30.0 Å². The summed E-state index contributed by atoms with van der Waals surface area (Å²) in [6, 6.07) is 0. The first kappa shape index (κ1) is 22.7. The summed E-state index contributed by atoms with van der Waals surface area (Å²) in [7, 11) is 0. The highest BCUT2D eigenvalue weighted by molar-refractivity contribution is 6.00. The van der Waals surface area contributed by atoms with E-state index in [2.05, 4.69) is 0 Å². The Balaban J connectivity index is 1.34. The van der Waals surface area contributed by atoms with Crippen LogP contribution in [0.1, 0.15) is 52.9 Å². The van der Waals surface area contributed by atoms with Crippen molar-refractivity contribution in [3.8, 4) is 0 Å². The zero-order chi connectivity index (χ0) is 26.5. The van der Waals surface area contributed by atoms with Gasteiger partial charge in [-0.05, 0) is 63.4 Å². The predicted octanol–water partition coefficient (Wildman–Crippen LogP) is 0.768. The topological polar surface area (TPSA) is 138 Å². The van der Waals surface area contributed by atoms with Crippen LogP contribution in [0.15, 0.2) is 12.2 Å². The Labute approximate surface area is 218 Å². The summed E-state index contributed by atoms with van der Waals surface area (Å²) in [6.07, 6.45) is 3.82. The van der Waals surface area contributed by atoms with Gasteiger partial charge in [0.15, 0.2) is 28.4 Å². The van der Waals surface area contributed by atoms with Crippen LogP contribution in [0.2, 0.25) is 0 Å². The molecular formula is C28H30O10. The van der Waals surface area contributed by atoms with Gasteiger partial charge < -0.3 is 28.8 Å². The number of Topliss-reactive ketones (excluding diaryl/α,β-unsaturated/α-hetero) is 1. The Morgan fingerprint density at radius 3 is 2.63 bits per heavy atom. The van der Waals surface area contributed by atoms with Crippen molar-refractivity contribution in [1.29, 1.82) is 0 Å². The second kappa shape index (κ2) is 5.82. The van der Waals surface area contributed by atoms with Gasteiger partial charge in [-0.1, -0.05) is 13.0 Å². The number of carbonyl (C=O) groups excluding carboxylic acids is 4. The molecule has 38 heavy (non-hydrogen) atoms. The predicted molar refractivity (Wildman–Crippen MR) is 122 cm³/mol. The number of fused-ring (bicyclic) bond motifs is 4. The van der Waals surface area contributed by atoms with Crippen molar-refractivity contribution >= 4 is 23.5 Å². The van der Waals surface area contributed by atoms with Crippen molar-refractivity contribution in [3.05, 3.63) is 12.2 Å². The molecule has 10 heteroatoms. The Hall–Kier alpha value is -2.14. The molecule has 9 rings (SSSR count). The first-order valence-electron chi connectivity index (χ1n) is 13.8. The van der Waals surface area contributed by atoms with Gasteiger partial charge in [0, 0.05) is 5.92 Å². The molecule has 2 saturated carbocycles. The number of ether oxygens (including phenoxy) is 5. The van der Waals surface area contributed by atoms with Crippen molar-refractivity contribution < 1.29 is 48.0 Å². The van der Waals surface area contributed by atoms with Crippen LogP contribution < -0.4 is 0 Å². The molecule has 6 heterocycles. The molecule has 9 aliphatic rings. The first-order valence-corrected chi connectivity index (χ1v) is 13.8. The maximum Gasteiger partial charge on any atom is 0.342 e. The fourth-order valence-electron chi connectivity index (χ4n) is 10.9. The average molecular weight is 527 g/mol. The zero-order valence-corrected chi connectivity index (χ0v) is 21.5. The van der Waals surface area contributed by atoms with Gasteiger partial charge in [-0.3, -0.25) is 14.4 Å². The molecule has 6 saturated heterocycles. The summed E-state index contributed by atoms with van der Waals surface area (Å²) in [5.41, 5.74) is -8.23. The normalized spacial score (nSPS) is 64.1. The maximum atomic E-state index is 14.9. The van der Waals surface area contributed by atoms with Crippen molar-refractivity contribution in [2.45, 2.75) is 93.3 Å². The molecule has 0 radical (unpaired) electrons. The molecule has 0 amide bonds. The van der Waals surface area contributed by atoms with E-state index in [1.807, 2.05) is 19.9 Å². The summed E-state index contributed by atoms with van der Waals surface area (Å²) in [6.45, 7) is 5.27. The molecule has 6 aliphatic heterocycles. The molecular weight excluding hydrogens is 496 g/mol. The molecule has 3 aliphatic carbocycles. The van der Waals surface area contributed by atoms with Crippen LogP contribution in [-0.4, -0.2) is 75.6 Å². The number of carbonyl (C=O) groups is 4. The third-order valence-electron chi connectivity index (χ3n) is 12.9. The summed E-state index contributed by atoms with van der Waals surface area (Å²) < 4.78 is 31.5. The highest BCUT2D eigenvalue weighted by atomic mass is 16.8. The minimum atomic E-state index is -2.19. The number of epoxide rings is 1. The van der Waals surface area contributed by atoms with E-state index in [-0.39, 0.29) is 43.5 Å². The molecule has 10 nitrogen and oxygen atoms in total. The fourth-order valence-corrected chi connectivity index (χ4v) is 10.9. The van der Waals surface area contributed by atoms with Crippen LogP contribution in [-0.2, 0) is 42.9 Å². The van der Waals surface area contributed by atoms with E-state index in [4.69, 9.17) is 23.7 Å². The summed E-state index contributed by atoms with van der Waals surface area (Å²) in [4.78, 5) is 55.6. The first-order chi connectivity index (χ1) is 17.9. The summed E-state index contributed by atoms with van der Waals surface area (Å²) in [5.74, 6) is -6.56. The Kier molecular flexibility index (Phi) is 3.47. The van der Waals surface area contributed by atoms with Crippen LogP contribution >= 0.6 is 0 Å². The van der Waals surface area contributed by atoms with Crippen molar-refractivity contribution in [3.63, 3.8) is 0 Å². The van der Waals surface area contributed by atoms with Gasteiger partial charge in [-0.15, -0.1) is 0 Å². The highest BCUT2D eigenvalue weighted by Gasteiger charge is 2.94. The number of aliphatic hydroxyl groups is 1. The molecule has 0 aromatic heterocycles. The van der Waals surface area contributed by atoms with Gasteiger partial charge in [-0.25, -0.2) is 4.79 Å². The molecule has 8 fully saturated rings. The lowest BCUT2D eigenvalue weighted by atomic mass is 9.46. The van der Waals surface area contributed by atoms with Gasteiger partial charge in [0.25, 0.3) is 0 Å². The van der Waals surface area contributed by atoms with Gasteiger partial charge in [0.1, 0.15) is 11.7 Å². The SMILES string of the molecule is C[C@@]12C[C@@H]3OC(=O)[C@@H]1CO[C@]14O[C@]5([C@H]2C1=O)[C@@](O)(CC[C@H]1[C@H]4C[C@H]2O[C@]24CC=CC(=O)[C@]14C)C(=O)O[C@@]35C. The van der Waals surface area contributed by atoms with Crippen LogP contribution in [0.4, 0.5) is 0 Å². The number of rotatable bonds is 0. The van der Waals surface area contributed by atoms with E-state index in [1.165, 1.54) is 0 Å². The second-order valence-corrected chi connectivity index (χ2v) is 13.8. The monoisotopic (exact) mass is 526 g/mol. The smallest absolute Gasteiger partial charge is 0.342 e. The minimum absolute atomic E-state index is 0.0583. The summed E-state index contributed by atoms with van der Waals surface area (Å²) in [5, 5.41) is 12.4. The molecule has 3 spiro atoms. The number of allylic oxidation sites excluding steroid dienone is 1. The minimum Gasteiger partial charge on any atom is -0.458 e. The Morgan fingerprint density at radius 1 is 1.05 bits per heavy atom. The molecule has 202 valence electrons. The zero-order valence-electron chi connectivity index (χ0n) is 21.5. The van der Waals surface area contributed by atoms with Gasteiger partial charge in [-0.2, -0.15) is 0 Å². The third kappa shape index (κ3) is 1.79. The molecule has 5 bridgehead atoms. The van der Waals surface area contributed by atoms with E-state index < -0.39 is 80.7 Å². The fraction of sp³-hybridized carbons (Fsp3) is 0.786. The van der Waals surface area contributed by atoms with Crippen molar-refractivity contribution in [2.75, 3.05) is 6.61 Å². The average Bonchev–Trinajstić information content (AvgIpc) is 3.45. The third-order valence-corrected chi connectivity index (χ3v) is 12.9. The van der Waals surface area contributed by atoms with E-state index in [0.29, 0.717) is 12.8 Å². The van der Waals surface area contributed by atoms with Crippen LogP contribution in [0, 0.1) is 34.5 Å². The van der Waals surface area contributed by atoms with Gasteiger partial charge >= 0.3 is 11.9 Å². The van der Waals surface area contributed by atoms with E-state index in [0.717, 1.165) is 0 Å². The van der Waals surface area contributed by atoms with Crippen LogP contribution in [0.3, 0.4) is 0 Å². The molecule has 1 N–H and O–H groups in total. The largest absolute Gasteiger partial charge is 0.458 e. The molecule has 0 aromatic carbocycles. The summed E-state index contributed by atoms with van der Waals surface area (Å²) >= 11 is 0. The lowest BCUT2D eigenvalue weighted by Gasteiger charge is -2.63. The van der Waals surface area contributed by atoms with Gasteiger partial charge in [0.2, 0.25) is 5.79 Å². The van der Waals surface area contributed by atoms with Crippen molar-refractivity contribution in [1.82, 2.24) is 0 Å². The van der Waals surface area contributed by atoms with E-state index in [9.17, 15) is 24.3 Å². The van der Waals surface area contributed by atoms with E-state index in [1.54, 1.807) is 13.0 Å². The number of esters is 2. The van der Waals surface area contributed by atoms with Crippen molar-refractivity contribution in [2.24, 2.45) is 34.5 Å². The highest BCUT2D eigenvalue weighted by Crippen LogP contribution is 2.77. The lowest BCUT2D eigenvalue weighted by molar-refractivity contribution is -0.375. The Morgan fingerprint density at radius 2 is 1.84 bits per heavy atom. The standard InChI is InChI=1S/C28H30O10/c1-22-10-17-24(3)28-18(22)19(30)27(38-28,34-11-14(22)20(31)35-17)13-9-16-26(36-16)7-4-5-15(29)23(26,2)12(13)6-8-25(28,33)21(32)37-24/h4-5,12-14,16-18,33H,6-11H2,1-3H3/t12-,13+,14-,16+,17-,18-,22+,23-,24-,25+,26+,27+,28-/m0/s1. The number of hydrogen-bond donors (Lipinski definition) is 1. The van der Waals surface area contributed by atoms with Crippen LogP contribution in [0.5, 0.6) is 0 Å². The number of ketones is 2. The molecule has 0 aromatic rings. The lowest BCUT2D eigenvalue weighted by Crippen LogP contribution is -2.79. The van der Waals surface area contributed by atoms with Crippen LogP contribution in [0.25, 0.3) is 0 Å². The Bertz CT molecular complexity index is 1340. The maximum absolute atomic E-state index is 14.9. The molecule has 13 atom stereocenters. The second-order valence-electron chi connectivity index (χ2n) is 13.8. The quantitative estimate of drug-likeness (QED) is 0.356. The molecule has 0 unspecified atom stereocenters. The van der Waals surface area contributed by atoms with E-state index >= 15 is 0 Å². The number of hydrogen-bond acceptors (Lipinski definition) is 10.